The van der Waals surface area contributed by atoms with Crippen LogP contribution in [0.15, 0.2) is 48.5 Å². The number of likely N-dealkylation sites (tertiary alicyclic amines) is 1. The number of nitrogens with one attached hydrogen (secondary N) is 2. The van der Waals surface area contributed by atoms with Crippen molar-refractivity contribution in [1.29, 1.82) is 0 Å². The van der Waals surface area contributed by atoms with Gasteiger partial charge < -0.3 is 25.5 Å². The molecule has 4 amide bonds. The van der Waals surface area contributed by atoms with Gasteiger partial charge in [0.25, 0.3) is 0 Å². The standard InChI is InChI=1S/C24H24N4O4/c1-2-16-5-7-18(8-6-16)26-24(32)28-15-20(29)14-21(28)23(31)25-17-9-11-19(12-10-17)27-13-3-4-22(27)30/h1,5-12,20-21,29H,3-4,13-15H2,(H,25,31)(H,26,32)/t20-,21-/m1/s1. The maximum absolute atomic E-state index is 12.9. The SMILES string of the molecule is C#Cc1ccc(NC(=O)N2C[C@H](O)C[C@@H]2C(=O)Nc2ccc(N3CCCC3=O)cc2)cc1. The summed E-state index contributed by atoms with van der Waals surface area (Å²) < 4.78 is 0. The first-order valence-corrected chi connectivity index (χ1v) is 10.5. The molecule has 2 atom stereocenters. The van der Waals surface area contributed by atoms with E-state index in [4.69, 9.17) is 6.42 Å². The van der Waals surface area contributed by atoms with Gasteiger partial charge in [-0.05, 0) is 55.0 Å². The molecule has 4 rings (SSSR count). The topological polar surface area (TPSA) is 102 Å². The zero-order chi connectivity index (χ0) is 22.7. The van der Waals surface area contributed by atoms with Crippen molar-refractivity contribution in [1.82, 2.24) is 4.90 Å². The Morgan fingerprint density at radius 1 is 1.03 bits per heavy atom. The molecule has 2 aromatic carbocycles. The molecule has 0 aliphatic carbocycles. The van der Waals surface area contributed by atoms with E-state index in [-0.39, 0.29) is 24.8 Å². The Balaban J connectivity index is 1.40. The van der Waals surface area contributed by atoms with Crippen LogP contribution in [0.1, 0.15) is 24.8 Å². The van der Waals surface area contributed by atoms with E-state index in [1.165, 1.54) is 4.90 Å². The largest absolute Gasteiger partial charge is 0.391 e. The molecule has 164 valence electrons. The van der Waals surface area contributed by atoms with Crippen LogP contribution < -0.4 is 15.5 Å². The third kappa shape index (κ3) is 4.58. The monoisotopic (exact) mass is 432 g/mol. The maximum atomic E-state index is 12.9. The van der Waals surface area contributed by atoms with Gasteiger partial charge in [-0.3, -0.25) is 9.59 Å². The average molecular weight is 432 g/mol. The molecule has 2 saturated heterocycles. The highest BCUT2D eigenvalue weighted by Crippen LogP contribution is 2.25. The van der Waals surface area contributed by atoms with Gasteiger partial charge in [-0.25, -0.2) is 4.79 Å². The summed E-state index contributed by atoms with van der Waals surface area (Å²) in [5, 5.41) is 15.6. The molecule has 0 bridgehead atoms. The second-order valence-electron chi connectivity index (χ2n) is 7.89. The van der Waals surface area contributed by atoms with Gasteiger partial charge in [-0.1, -0.05) is 5.92 Å². The summed E-state index contributed by atoms with van der Waals surface area (Å²) in [5.41, 5.74) is 2.58. The van der Waals surface area contributed by atoms with Crippen molar-refractivity contribution in [3.63, 3.8) is 0 Å². The van der Waals surface area contributed by atoms with Crippen molar-refractivity contribution < 1.29 is 19.5 Å². The summed E-state index contributed by atoms with van der Waals surface area (Å²) in [6, 6.07) is 12.5. The number of hydrogen-bond donors (Lipinski definition) is 3. The number of anilines is 3. The van der Waals surface area contributed by atoms with Crippen molar-refractivity contribution in [2.24, 2.45) is 0 Å². The van der Waals surface area contributed by atoms with E-state index in [1.54, 1.807) is 53.4 Å². The lowest BCUT2D eigenvalue weighted by Crippen LogP contribution is -2.45. The number of hydrogen-bond acceptors (Lipinski definition) is 4. The molecule has 2 fully saturated rings. The molecule has 2 heterocycles. The predicted molar refractivity (Wildman–Crippen MR) is 121 cm³/mol. The van der Waals surface area contributed by atoms with Gasteiger partial charge in [0.05, 0.1) is 6.10 Å². The van der Waals surface area contributed by atoms with Crippen LogP contribution in [0.25, 0.3) is 0 Å². The smallest absolute Gasteiger partial charge is 0.322 e. The summed E-state index contributed by atoms with van der Waals surface area (Å²) >= 11 is 0. The number of β-amino-alcohol motifs (C(OH)–C–C–N with tert-alkyl or cyclic N) is 1. The van der Waals surface area contributed by atoms with E-state index in [1.807, 2.05) is 0 Å². The Morgan fingerprint density at radius 2 is 1.69 bits per heavy atom. The van der Waals surface area contributed by atoms with Gasteiger partial charge in [0, 0.05) is 48.6 Å². The van der Waals surface area contributed by atoms with E-state index in [9.17, 15) is 19.5 Å². The Hall–Kier alpha value is -3.83. The van der Waals surface area contributed by atoms with Gasteiger partial charge >= 0.3 is 6.03 Å². The first-order valence-electron chi connectivity index (χ1n) is 10.5. The van der Waals surface area contributed by atoms with Crippen LogP contribution >= 0.6 is 0 Å². The number of terminal acetylenes is 1. The van der Waals surface area contributed by atoms with Gasteiger partial charge in [0.1, 0.15) is 6.04 Å². The highest BCUT2D eigenvalue weighted by atomic mass is 16.3. The molecule has 0 spiro atoms. The van der Waals surface area contributed by atoms with E-state index >= 15 is 0 Å². The minimum absolute atomic E-state index is 0.0579. The van der Waals surface area contributed by atoms with Crippen molar-refractivity contribution in [2.75, 3.05) is 28.6 Å². The van der Waals surface area contributed by atoms with Gasteiger partial charge in [-0.2, -0.15) is 0 Å². The highest BCUT2D eigenvalue weighted by Gasteiger charge is 2.39. The zero-order valence-corrected chi connectivity index (χ0v) is 17.5. The molecule has 0 saturated carbocycles. The summed E-state index contributed by atoms with van der Waals surface area (Å²) in [4.78, 5) is 40.6. The number of amides is 4. The molecule has 2 aromatic rings. The summed E-state index contributed by atoms with van der Waals surface area (Å²) in [7, 11) is 0. The van der Waals surface area contributed by atoms with Gasteiger partial charge in [0.15, 0.2) is 0 Å². The molecule has 8 nitrogen and oxygen atoms in total. The number of benzene rings is 2. The third-order valence-corrected chi connectivity index (χ3v) is 5.67. The molecule has 3 N–H and O–H groups in total. The third-order valence-electron chi connectivity index (χ3n) is 5.67. The van der Waals surface area contributed by atoms with E-state index in [0.29, 0.717) is 29.9 Å². The van der Waals surface area contributed by atoms with Crippen LogP contribution in [-0.4, -0.2) is 53.1 Å². The Labute approximate surface area is 186 Å². The van der Waals surface area contributed by atoms with Crippen LogP contribution in [0.2, 0.25) is 0 Å². The molecule has 2 aliphatic rings. The fourth-order valence-electron chi connectivity index (χ4n) is 4.00. The van der Waals surface area contributed by atoms with Crippen LogP contribution in [-0.2, 0) is 9.59 Å². The molecule has 0 aromatic heterocycles. The predicted octanol–water partition coefficient (Wildman–Crippen LogP) is 2.40. The van der Waals surface area contributed by atoms with Gasteiger partial charge in [0.2, 0.25) is 11.8 Å². The fourth-order valence-corrected chi connectivity index (χ4v) is 4.00. The molecule has 0 unspecified atom stereocenters. The Kier molecular flexibility index (Phi) is 6.10. The van der Waals surface area contributed by atoms with Crippen molar-refractivity contribution >= 4 is 34.9 Å². The molecular weight excluding hydrogens is 408 g/mol. The normalized spacial score (nSPS) is 20.2. The Morgan fingerprint density at radius 3 is 2.31 bits per heavy atom. The molecule has 0 radical (unpaired) electrons. The fraction of sp³-hybridized carbons (Fsp3) is 0.292. The van der Waals surface area contributed by atoms with Crippen LogP contribution in [0.4, 0.5) is 21.9 Å². The number of rotatable bonds is 4. The van der Waals surface area contributed by atoms with Gasteiger partial charge in [-0.15, -0.1) is 6.42 Å². The number of carbonyl (C=O) groups excluding carboxylic acids is 3. The molecule has 32 heavy (non-hydrogen) atoms. The number of carbonyl (C=O) groups is 3. The number of urea groups is 1. The zero-order valence-electron chi connectivity index (χ0n) is 17.5. The Bertz CT molecular complexity index is 1060. The highest BCUT2D eigenvalue weighted by molar-refractivity contribution is 6.00. The second-order valence-corrected chi connectivity index (χ2v) is 7.89. The number of aliphatic hydroxyl groups is 1. The van der Waals surface area contributed by atoms with Crippen LogP contribution in [0, 0.1) is 12.3 Å². The lowest BCUT2D eigenvalue weighted by molar-refractivity contribution is -0.119. The lowest BCUT2D eigenvalue weighted by Gasteiger charge is -2.24. The molecule has 2 aliphatic heterocycles. The quantitative estimate of drug-likeness (QED) is 0.646. The van der Waals surface area contributed by atoms with E-state index in [2.05, 4.69) is 16.6 Å². The maximum Gasteiger partial charge on any atom is 0.322 e. The average Bonchev–Trinajstić information content (AvgIpc) is 3.40. The van der Waals surface area contributed by atoms with Crippen LogP contribution in [0.3, 0.4) is 0 Å². The second kappa shape index (κ2) is 9.12. The lowest BCUT2D eigenvalue weighted by atomic mass is 10.1. The minimum Gasteiger partial charge on any atom is -0.391 e. The van der Waals surface area contributed by atoms with E-state index < -0.39 is 18.2 Å². The number of nitrogens with zero attached hydrogens (tertiary/aromatic N) is 2. The van der Waals surface area contributed by atoms with Crippen molar-refractivity contribution in [3.05, 3.63) is 54.1 Å². The van der Waals surface area contributed by atoms with Crippen LogP contribution in [0.5, 0.6) is 0 Å². The minimum atomic E-state index is -0.810. The molecular formula is C24H24N4O4. The first-order chi connectivity index (χ1) is 15.4. The molecule has 8 heteroatoms. The number of aliphatic hydroxyl groups excluding tert-OH is 1. The summed E-state index contributed by atoms with van der Waals surface area (Å²) in [5.74, 6) is 2.22. The van der Waals surface area contributed by atoms with Crippen molar-refractivity contribution in [3.8, 4) is 12.3 Å². The summed E-state index contributed by atoms with van der Waals surface area (Å²) in [6.07, 6.45) is 6.09. The van der Waals surface area contributed by atoms with Crippen molar-refractivity contribution in [2.45, 2.75) is 31.4 Å². The summed E-state index contributed by atoms with van der Waals surface area (Å²) in [6.45, 7) is 0.752. The van der Waals surface area contributed by atoms with E-state index in [0.717, 1.165) is 12.1 Å². The first kappa shape index (κ1) is 21.4.